The second-order valence-corrected chi connectivity index (χ2v) is 7.23. The van der Waals surface area contributed by atoms with Crippen molar-refractivity contribution in [1.82, 2.24) is 0 Å². The van der Waals surface area contributed by atoms with Gasteiger partial charge in [0.2, 0.25) is 0 Å². The molecule has 0 aromatic heterocycles. The van der Waals surface area contributed by atoms with E-state index in [1.54, 1.807) is 6.92 Å². The molecule has 0 saturated heterocycles. The lowest BCUT2D eigenvalue weighted by Crippen LogP contribution is -2.38. The van der Waals surface area contributed by atoms with Crippen LogP contribution < -0.4 is 5.73 Å². The molecule has 1 aliphatic rings. The molecular formula is C14H29NO2S. The van der Waals surface area contributed by atoms with Crippen LogP contribution in [0.25, 0.3) is 0 Å². The highest BCUT2D eigenvalue weighted by Crippen LogP contribution is 2.33. The lowest BCUT2D eigenvalue weighted by Gasteiger charge is -2.33. The number of thioether (sulfide) groups is 1. The van der Waals surface area contributed by atoms with E-state index in [0.717, 1.165) is 25.0 Å². The predicted octanol–water partition coefficient (Wildman–Crippen LogP) is 2.00. The van der Waals surface area contributed by atoms with Gasteiger partial charge >= 0.3 is 0 Å². The molecule has 1 saturated carbocycles. The van der Waals surface area contributed by atoms with Crippen molar-refractivity contribution in [3.05, 3.63) is 0 Å². The van der Waals surface area contributed by atoms with Gasteiger partial charge in [0, 0.05) is 17.0 Å². The van der Waals surface area contributed by atoms with Gasteiger partial charge in [-0.15, -0.1) is 0 Å². The Morgan fingerprint density at radius 3 is 2.39 bits per heavy atom. The summed E-state index contributed by atoms with van der Waals surface area (Å²) in [5.41, 5.74) is 6.09. The van der Waals surface area contributed by atoms with Crippen LogP contribution in [0.5, 0.6) is 0 Å². The van der Waals surface area contributed by atoms with Crippen LogP contribution in [0.4, 0.5) is 0 Å². The first-order chi connectivity index (χ1) is 8.43. The molecule has 5 unspecified atom stereocenters. The van der Waals surface area contributed by atoms with Crippen molar-refractivity contribution in [3.63, 3.8) is 0 Å². The summed E-state index contributed by atoms with van der Waals surface area (Å²) in [7, 11) is 0. The molecule has 18 heavy (non-hydrogen) atoms. The van der Waals surface area contributed by atoms with Gasteiger partial charge in [0.25, 0.3) is 0 Å². The third kappa shape index (κ3) is 4.72. The largest absolute Gasteiger partial charge is 0.393 e. The van der Waals surface area contributed by atoms with Gasteiger partial charge in [-0.3, -0.25) is 0 Å². The SMILES string of the molecule is CC(SCC(N)C(C)[C@@H](C)O)C1CCCCC1O. The normalized spacial score (nSPS) is 31.7. The molecule has 0 aromatic rings. The summed E-state index contributed by atoms with van der Waals surface area (Å²) in [5.74, 6) is 1.40. The van der Waals surface area contributed by atoms with Gasteiger partial charge < -0.3 is 15.9 Å². The smallest absolute Gasteiger partial charge is 0.0578 e. The topological polar surface area (TPSA) is 66.5 Å². The van der Waals surface area contributed by atoms with E-state index in [1.807, 2.05) is 18.7 Å². The van der Waals surface area contributed by atoms with Crippen LogP contribution in [0.3, 0.4) is 0 Å². The van der Waals surface area contributed by atoms with Crippen LogP contribution >= 0.6 is 11.8 Å². The van der Waals surface area contributed by atoms with Crippen LogP contribution in [0.1, 0.15) is 46.5 Å². The maximum Gasteiger partial charge on any atom is 0.0578 e. The van der Waals surface area contributed by atoms with Crippen molar-refractivity contribution in [2.75, 3.05) is 5.75 Å². The van der Waals surface area contributed by atoms with Crippen molar-refractivity contribution in [1.29, 1.82) is 0 Å². The minimum atomic E-state index is -0.351. The molecule has 4 heteroatoms. The summed E-state index contributed by atoms with van der Waals surface area (Å²) >= 11 is 1.84. The maximum atomic E-state index is 10.0. The zero-order valence-corrected chi connectivity index (χ0v) is 12.7. The molecule has 0 spiro atoms. The van der Waals surface area contributed by atoms with Crippen molar-refractivity contribution in [2.24, 2.45) is 17.6 Å². The summed E-state index contributed by atoms with van der Waals surface area (Å²) in [5, 5.41) is 20.0. The molecule has 108 valence electrons. The third-order valence-electron chi connectivity index (χ3n) is 4.37. The quantitative estimate of drug-likeness (QED) is 0.694. The first kappa shape index (κ1) is 16.3. The number of hydrogen-bond donors (Lipinski definition) is 3. The Labute approximate surface area is 116 Å². The van der Waals surface area contributed by atoms with E-state index in [0.29, 0.717) is 11.2 Å². The van der Waals surface area contributed by atoms with Gasteiger partial charge in [-0.25, -0.2) is 0 Å². The van der Waals surface area contributed by atoms with E-state index in [-0.39, 0.29) is 24.2 Å². The second kappa shape index (κ2) is 7.73. The molecule has 0 aliphatic heterocycles. The summed E-state index contributed by atoms with van der Waals surface area (Å²) in [6, 6.07) is 0.0261. The Hall–Kier alpha value is 0.230. The lowest BCUT2D eigenvalue weighted by atomic mass is 9.84. The molecule has 1 rings (SSSR count). The van der Waals surface area contributed by atoms with Crippen molar-refractivity contribution in [2.45, 2.75) is 70.0 Å². The minimum Gasteiger partial charge on any atom is -0.393 e. The van der Waals surface area contributed by atoms with E-state index < -0.39 is 0 Å². The van der Waals surface area contributed by atoms with Crippen LogP contribution in [-0.4, -0.2) is 39.5 Å². The summed E-state index contributed by atoms with van der Waals surface area (Å²) in [6.07, 6.45) is 4.00. The highest BCUT2D eigenvalue weighted by molar-refractivity contribution is 7.99. The van der Waals surface area contributed by atoms with E-state index in [9.17, 15) is 10.2 Å². The molecule has 0 bridgehead atoms. The van der Waals surface area contributed by atoms with Gasteiger partial charge in [0.15, 0.2) is 0 Å². The fraction of sp³-hybridized carbons (Fsp3) is 1.00. The fourth-order valence-electron chi connectivity index (χ4n) is 2.58. The zero-order valence-electron chi connectivity index (χ0n) is 11.9. The van der Waals surface area contributed by atoms with E-state index in [2.05, 4.69) is 6.92 Å². The van der Waals surface area contributed by atoms with Crippen molar-refractivity contribution in [3.8, 4) is 0 Å². The molecule has 0 radical (unpaired) electrons. The summed E-state index contributed by atoms with van der Waals surface area (Å²) < 4.78 is 0. The Balaban J connectivity index is 2.33. The van der Waals surface area contributed by atoms with Crippen molar-refractivity contribution >= 4 is 11.8 Å². The Bertz CT molecular complexity index is 238. The number of aliphatic hydroxyl groups excluding tert-OH is 2. The Morgan fingerprint density at radius 2 is 1.83 bits per heavy atom. The average Bonchev–Trinajstić information content (AvgIpc) is 2.35. The molecule has 4 N–H and O–H groups in total. The van der Waals surface area contributed by atoms with Gasteiger partial charge in [0.05, 0.1) is 12.2 Å². The van der Waals surface area contributed by atoms with Gasteiger partial charge in [-0.05, 0) is 31.6 Å². The second-order valence-electron chi connectivity index (χ2n) is 5.82. The molecular weight excluding hydrogens is 246 g/mol. The molecule has 0 heterocycles. The average molecular weight is 275 g/mol. The fourth-order valence-corrected chi connectivity index (χ4v) is 3.98. The van der Waals surface area contributed by atoms with Crippen LogP contribution in [0.2, 0.25) is 0 Å². The monoisotopic (exact) mass is 275 g/mol. The van der Waals surface area contributed by atoms with E-state index in [4.69, 9.17) is 5.73 Å². The Morgan fingerprint density at radius 1 is 1.22 bits per heavy atom. The summed E-state index contributed by atoms with van der Waals surface area (Å²) in [4.78, 5) is 0. The molecule has 3 nitrogen and oxygen atoms in total. The predicted molar refractivity (Wildman–Crippen MR) is 78.7 cm³/mol. The maximum absolute atomic E-state index is 10.0. The van der Waals surface area contributed by atoms with Gasteiger partial charge in [0.1, 0.15) is 0 Å². The lowest BCUT2D eigenvalue weighted by molar-refractivity contribution is 0.0707. The van der Waals surface area contributed by atoms with Crippen LogP contribution in [-0.2, 0) is 0 Å². The molecule has 0 aromatic carbocycles. The minimum absolute atomic E-state index is 0.0261. The van der Waals surface area contributed by atoms with Gasteiger partial charge in [-0.2, -0.15) is 11.8 Å². The molecule has 1 aliphatic carbocycles. The third-order valence-corrected chi connectivity index (χ3v) is 5.83. The highest BCUT2D eigenvalue weighted by Gasteiger charge is 2.29. The Kier molecular flexibility index (Phi) is 6.99. The molecule has 1 fully saturated rings. The molecule has 6 atom stereocenters. The summed E-state index contributed by atoms with van der Waals surface area (Å²) in [6.45, 7) is 5.99. The van der Waals surface area contributed by atoms with Crippen LogP contribution in [0, 0.1) is 11.8 Å². The zero-order chi connectivity index (χ0) is 13.7. The first-order valence-electron chi connectivity index (χ1n) is 7.16. The number of nitrogens with two attached hydrogens (primary N) is 1. The number of aliphatic hydroxyl groups is 2. The standard InChI is InChI=1S/C14H29NO2S/c1-9(10(2)16)13(15)8-18-11(3)12-6-4-5-7-14(12)17/h9-14,16-17H,4-8,15H2,1-3H3/t9?,10-,11?,12?,13?,14?/m1/s1. The highest BCUT2D eigenvalue weighted by atomic mass is 32.2. The van der Waals surface area contributed by atoms with E-state index >= 15 is 0 Å². The number of rotatable bonds is 6. The van der Waals surface area contributed by atoms with Crippen molar-refractivity contribution < 1.29 is 10.2 Å². The first-order valence-corrected chi connectivity index (χ1v) is 8.21. The van der Waals surface area contributed by atoms with Crippen LogP contribution in [0.15, 0.2) is 0 Å². The number of hydrogen-bond acceptors (Lipinski definition) is 4. The molecule has 0 amide bonds. The van der Waals surface area contributed by atoms with Gasteiger partial charge in [-0.1, -0.05) is 26.7 Å². The van der Waals surface area contributed by atoms with E-state index in [1.165, 1.54) is 6.42 Å².